The summed E-state index contributed by atoms with van der Waals surface area (Å²) in [5.41, 5.74) is 0. The van der Waals surface area contributed by atoms with Crippen LogP contribution < -0.4 is 0 Å². The minimum atomic E-state index is -4.15. The van der Waals surface area contributed by atoms with Gasteiger partial charge in [0.15, 0.2) is 0 Å². The maximum atomic E-state index is 9.47. The summed E-state index contributed by atoms with van der Waals surface area (Å²) in [6.45, 7) is 0. The fraction of sp³-hybridized carbons (Fsp3) is 1.00. The van der Waals surface area contributed by atoms with E-state index < -0.39 is 7.82 Å². The normalized spacial score (nSPS) is 8.88. The number of phosphoric ester groups is 1. The molecule has 0 heterocycles. The van der Waals surface area contributed by atoms with E-state index in [0.717, 1.165) is 7.11 Å². The van der Waals surface area contributed by atoms with Crippen LogP contribution in [0.4, 0.5) is 0 Å². The van der Waals surface area contributed by atoms with Gasteiger partial charge in [-0.2, -0.15) is 0 Å². The van der Waals surface area contributed by atoms with Gasteiger partial charge in [0.1, 0.15) is 0 Å². The van der Waals surface area contributed by atoms with Gasteiger partial charge in [0.25, 0.3) is 0 Å². The van der Waals surface area contributed by atoms with Gasteiger partial charge in [-0.1, -0.05) is 0 Å². The SMILES string of the molecule is COP(=O)(O)O.[LiH].[LiH]. The van der Waals surface area contributed by atoms with Crippen molar-refractivity contribution in [2.45, 2.75) is 0 Å². The second-order valence-corrected chi connectivity index (χ2v) is 2.02. The third kappa shape index (κ3) is 15.7. The third-order valence-corrected chi connectivity index (χ3v) is 0.714. The van der Waals surface area contributed by atoms with Gasteiger partial charge in [-0.05, 0) is 0 Å². The molecule has 0 bridgehead atoms. The summed E-state index contributed by atoms with van der Waals surface area (Å²) in [5.74, 6) is 0. The second-order valence-electron chi connectivity index (χ2n) is 0.673. The van der Waals surface area contributed by atoms with E-state index in [1.54, 1.807) is 0 Å². The van der Waals surface area contributed by atoms with E-state index in [4.69, 9.17) is 9.79 Å². The molecule has 0 aliphatic carbocycles. The van der Waals surface area contributed by atoms with Crippen LogP contribution in [0.5, 0.6) is 0 Å². The molecular weight excluding hydrogens is 121 g/mol. The molecule has 0 aromatic carbocycles. The fourth-order valence-electron chi connectivity index (χ4n) is 0. The van der Waals surface area contributed by atoms with Crippen molar-refractivity contribution in [1.82, 2.24) is 0 Å². The van der Waals surface area contributed by atoms with E-state index in [2.05, 4.69) is 4.52 Å². The summed E-state index contributed by atoms with van der Waals surface area (Å²) < 4.78 is 13.1. The number of phosphoric acid groups is 1. The topological polar surface area (TPSA) is 66.8 Å². The van der Waals surface area contributed by atoms with E-state index in [-0.39, 0.29) is 37.7 Å². The van der Waals surface area contributed by atoms with Crippen molar-refractivity contribution in [2.24, 2.45) is 0 Å². The van der Waals surface area contributed by atoms with Crippen molar-refractivity contribution >= 4 is 45.5 Å². The first-order valence-corrected chi connectivity index (χ1v) is 2.70. The molecule has 0 saturated heterocycles. The van der Waals surface area contributed by atoms with E-state index >= 15 is 0 Å². The molecular formula is CH7Li2O4P. The minimum absolute atomic E-state index is 0. The van der Waals surface area contributed by atoms with Gasteiger partial charge in [-0.25, -0.2) is 4.57 Å². The average molecular weight is 128 g/mol. The predicted octanol–water partition coefficient (Wildman–Crippen LogP) is -1.57. The molecule has 0 aliphatic rings. The molecule has 0 saturated carbocycles. The Balaban J connectivity index is -0.000000125. The molecule has 0 spiro atoms. The summed E-state index contributed by atoms with van der Waals surface area (Å²) in [6, 6.07) is 0. The summed E-state index contributed by atoms with van der Waals surface area (Å²) in [6.07, 6.45) is 0. The number of hydrogen-bond acceptors (Lipinski definition) is 2. The van der Waals surface area contributed by atoms with Crippen LogP contribution in [0.15, 0.2) is 0 Å². The Bertz CT molecular complexity index is 78.1. The van der Waals surface area contributed by atoms with Gasteiger partial charge in [-0.15, -0.1) is 0 Å². The van der Waals surface area contributed by atoms with Crippen molar-refractivity contribution in [3.63, 3.8) is 0 Å². The quantitative estimate of drug-likeness (QED) is 0.330. The number of rotatable bonds is 1. The Labute approximate surface area is 71.6 Å². The van der Waals surface area contributed by atoms with Gasteiger partial charge >= 0.3 is 45.5 Å². The Morgan fingerprint density at radius 3 is 1.50 bits per heavy atom. The van der Waals surface area contributed by atoms with Crippen LogP contribution in [0.3, 0.4) is 0 Å². The molecule has 8 heavy (non-hydrogen) atoms. The average Bonchev–Trinajstić information content (AvgIpc) is 1.35. The molecule has 0 fully saturated rings. The number of hydrogen-bond donors (Lipinski definition) is 2. The molecule has 0 aromatic rings. The fourth-order valence-corrected chi connectivity index (χ4v) is 0. The Kier molecular flexibility index (Phi) is 13.0. The molecule has 0 atom stereocenters. The summed E-state index contributed by atoms with van der Waals surface area (Å²) in [4.78, 5) is 15.4. The summed E-state index contributed by atoms with van der Waals surface area (Å²) in [5, 5.41) is 0. The molecule has 42 valence electrons. The molecule has 4 nitrogen and oxygen atoms in total. The maximum absolute atomic E-state index is 9.47. The standard InChI is InChI=1S/CH5O4P.2Li.2H/c1-5-6(2,3)4;;;;/h1H3,(H2,2,3,4);;;;. The van der Waals surface area contributed by atoms with Crippen molar-refractivity contribution in [2.75, 3.05) is 7.11 Å². The molecule has 0 rings (SSSR count). The Morgan fingerprint density at radius 1 is 1.38 bits per heavy atom. The zero-order valence-electron chi connectivity index (χ0n) is 3.16. The van der Waals surface area contributed by atoms with Gasteiger partial charge in [0.2, 0.25) is 0 Å². The Hall–Kier alpha value is 1.30. The van der Waals surface area contributed by atoms with Gasteiger partial charge < -0.3 is 9.79 Å². The molecule has 0 aliphatic heterocycles. The second kappa shape index (κ2) is 6.43. The van der Waals surface area contributed by atoms with Crippen LogP contribution in [0.1, 0.15) is 0 Å². The first-order valence-electron chi connectivity index (χ1n) is 1.17. The van der Waals surface area contributed by atoms with E-state index in [0.29, 0.717) is 0 Å². The molecule has 7 heteroatoms. The van der Waals surface area contributed by atoms with Gasteiger partial charge in [0.05, 0.1) is 0 Å². The van der Waals surface area contributed by atoms with Crippen LogP contribution >= 0.6 is 7.82 Å². The molecule has 0 aromatic heterocycles. The van der Waals surface area contributed by atoms with Crippen LogP contribution in [-0.4, -0.2) is 54.6 Å². The monoisotopic (exact) mass is 128 g/mol. The van der Waals surface area contributed by atoms with Crippen molar-refractivity contribution in [3.8, 4) is 0 Å². The van der Waals surface area contributed by atoms with E-state index in [1.165, 1.54) is 0 Å². The molecule has 0 unspecified atom stereocenters. The zero-order chi connectivity index (χ0) is 5.21. The summed E-state index contributed by atoms with van der Waals surface area (Å²) in [7, 11) is -3.20. The van der Waals surface area contributed by atoms with Crippen LogP contribution in [0.2, 0.25) is 0 Å². The van der Waals surface area contributed by atoms with Crippen molar-refractivity contribution < 1.29 is 18.9 Å². The Morgan fingerprint density at radius 2 is 1.50 bits per heavy atom. The zero-order valence-corrected chi connectivity index (χ0v) is 4.05. The van der Waals surface area contributed by atoms with Crippen LogP contribution in [0.25, 0.3) is 0 Å². The van der Waals surface area contributed by atoms with Crippen molar-refractivity contribution in [1.29, 1.82) is 0 Å². The van der Waals surface area contributed by atoms with Crippen LogP contribution in [-0.2, 0) is 9.09 Å². The van der Waals surface area contributed by atoms with E-state index in [9.17, 15) is 4.57 Å². The summed E-state index contributed by atoms with van der Waals surface area (Å²) >= 11 is 0. The first kappa shape index (κ1) is 16.1. The third-order valence-electron chi connectivity index (χ3n) is 0.238. The van der Waals surface area contributed by atoms with Crippen molar-refractivity contribution in [3.05, 3.63) is 0 Å². The van der Waals surface area contributed by atoms with Crippen LogP contribution in [0, 0.1) is 0 Å². The first-order chi connectivity index (χ1) is 2.56. The molecule has 0 radical (unpaired) electrons. The van der Waals surface area contributed by atoms with Gasteiger partial charge in [0, 0.05) is 7.11 Å². The molecule has 0 amide bonds. The van der Waals surface area contributed by atoms with E-state index in [1.807, 2.05) is 0 Å². The van der Waals surface area contributed by atoms with Gasteiger partial charge in [-0.3, -0.25) is 4.52 Å². The predicted molar refractivity (Wildman–Crippen MR) is 33.4 cm³/mol. The molecule has 2 N–H and O–H groups in total.